The Bertz CT molecular complexity index is 372. The van der Waals surface area contributed by atoms with E-state index in [0.29, 0.717) is 12.5 Å². The Balaban J connectivity index is 0.00000110. The summed E-state index contributed by atoms with van der Waals surface area (Å²) in [5, 5.41) is 2.79. The fourth-order valence-electron chi connectivity index (χ4n) is 1.65. The van der Waals surface area contributed by atoms with Crippen molar-refractivity contribution in [2.75, 3.05) is 6.54 Å². The quantitative estimate of drug-likeness (QED) is 0.620. The minimum Gasteiger partial charge on any atom is -0.446 e. The van der Waals surface area contributed by atoms with Crippen molar-refractivity contribution in [3.05, 3.63) is 0 Å². The smallest absolute Gasteiger partial charge is 0.407 e. The Morgan fingerprint density at radius 2 is 2.00 bits per heavy atom. The van der Waals surface area contributed by atoms with Crippen molar-refractivity contribution in [3.63, 3.8) is 0 Å². The van der Waals surface area contributed by atoms with Crippen LogP contribution >= 0.6 is 0 Å². The van der Waals surface area contributed by atoms with Gasteiger partial charge in [0.05, 0.1) is 0 Å². The number of terminal acetylenes is 1. The summed E-state index contributed by atoms with van der Waals surface area (Å²) in [6, 6.07) is 0. The maximum atomic E-state index is 11.4. The first-order valence-electron chi connectivity index (χ1n) is 6.71. The Kier molecular flexibility index (Phi) is 8.35. The second-order valence-corrected chi connectivity index (χ2v) is 6.03. The maximum Gasteiger partial charge on any atom is 0.407 e. The van der Waals surface area contributed by atoms with Gasteiger partial charge in [-0.05, 0) is 30.6 Å². The number of hydrogen-bond acceptors (Lipinski definition) is 4. The molecule has 20 heavy (non-hydrogen) atoms. The lowest BCUT2D eigenvalue weighted by Gasteiger charge is -2.18. The van der Waals surface area contributed by atoms with Crippen molar-refractivity contribution < 1.29 is 19.1 Å². The molecular weight excluding hydrogens is 258 g/mol. The van der Waals surface area contributed by atoms with Gasteiger partial charge in [0.25, 0.3) is 0 Å². The summed E-state index contributed by atoms with van der Waals surface area (Å²) < 4.78 is 5.30. The van der Waals surface area contributed by atoms with Gasteiger partial charge in [-0.2, -0.15) is 9.59 Å². The van der Waals surface area contributed by atoms with Gasteiger partial charge in [-0.25, -0.2) is 4.79 Å². The highest BCUT2D eigenvalue weighted by Crippen LogP contribution is 2.37. The highest BCUT2D eigenvalue weighted by Gasteiger charge is 2.39. The van der Waals surface area contributed by atoms with Crippen LogP contribution in [-0.2, 0) is 14.3 Å². The zero-order valence-corrected chi connectivity index (χ0v) is 12.4. The van der Waals surface area contributed by atoms with Crippen LogP contribution < -0.4 is 5.32 Å². The van der Waals surface area contributed by atoms with Gasteiger partial charge in [-0.3, -0.25) is 0 Å². The SMILES string of the molecule is C#CCCC[C@@H]1C[C@H]1OC(=O)NCC(C)(C)C.O=C=O. The van der Waals surface area contributed by atoms with Crippen molar-refractivity contribution >= 4 is 12.2 Å². The zero-order chi connectivity index (χ0) is 15.6. The predicted molar refractivity (Wildman–Crippen MR) is 73.5 cm³/mol. The van der Waals surface area contributed by atoms with Crippen LogP contribution in [0.2, 0.25) is 0 Å². The van der Waals surface area contributed by atoms with E-state index in [0.717, 1.165) is 25.7 Å². The summed E-state index contributed by atoms with van der Waals surface area (Å²) in [4.78, 5) is 27.7. The number of rotatable bonds is 5. The molecule has 1 fully saturated rings. The fourth-order valence-corrected chi connectivity index (χ4v) is 1.65. The van der Waals surface area contributed by atoms with Crippen molar-refractivity contribution in [2.24, 2.45) is 11.3 Å². The van der Waals surface area contributed by atoms with E-state index in [1.807, 2.05) is 0 Å². The minimum absolute atomic E-state index is 0.0920. The van der Waals surface area contributed by atoms with Crippen LogP contribution in [-0.4, -0.2) is 24.9 Å². The van der Waals surface area contributed by atoms with E-state index in [9.17, 15) is 4.79 Å². The third-order valence-electron chi connectivity index (χ3n) is 2.78. The van der Waals surface area contributed by atoms with Gasteiger partial charge in [0.15, 0.2) is 0 Å². The van der Waals surface area contributed by atoms with E-state index < -0.39 is 0 Å². The maximum absolute atomic E-state index is 11.4. The second kappa shape index (κ2) is 9.17. The number of ether oxygens (including phenoxy) is 1. The van der Waals surface area contributed by atoms with E-state index in [4.69, 9.17) is 20.7 Å². The molecule has 0 aromatic carbocycles. The van der Waals surface area contributed by atoms with Gasteiger partial charge in [0, 0.05) is 13.0 Å². The molecule has 0 unspecified atom stereocenters. The topological polar surface area (TPSA) is 72.5 Å². The lowest BCUT2D eigenvalue weighted by atomic mass is 9.97. The largest absolute Gasteiger partial charge is 0.446 e. The molecule has 2 atom stereocenters. The van der Waals surface area contributed by atoms with Crippen LogP contribution in [0.1, 0.15) is 46.5 Å². The summed E-state index contributed by atoms with van der Waals surface area (Å²) in [6.45, 7) is 6.87. The van der Waals surface area contributed by atoms with E-state index in [2.05, 4.69) is 32.0 Å². The number of carbonyl (C=O) groups is 1. The van der Waals surface area contributed by atoms with Crippen LogP contribution in [0.3, 0.4) is 0 Å². The molecule has 0 aromatic heterocycles. The second-order valence-electron chi connectivity index (χ2n) is 6.03. The normalized spacial score (nSPS) is 19.7. The predicted octanol–water partition coefficient (Wildman–Crippen LogP) is 2.37. The lowest BCUT2D eigenvalue weighted by Crippen LogP contribution is -2.33. The Morgan fingerprint density at radius 3 is 2.50 bits per heavy atom. The van der Waals surface area contributed by atoms with Gasteiger partial charge >= 0.3 is 12.2 Å². The molecule has 1 aliphatic carbocycles. The lowest BCUT2D eigenvalue weighted by molar-refractivity contribution is -0.191. The number of hydrogen-bond donors (Lipinski definition) is 1. The highest BCUT2D eigenvalue weighted by molar-refractivity contribution is 5.67. The van der Waals surface area contributed by atoms with E-state index in [1.165, 1.54) is 0 Å². The van der Waals surface area contributed by atoms with Gasteiger partial charge in [0.2, 0.25) is 0 Å². The molecular formula is C15H23NO4. The van der Waals surface area contributed by atoms with E-state index in [1.54, 1.807) is 0 Å². The average Bonchev–Trinajstić information content (AvgIpc) is 3.05. The van der Waals surface area contributed by atoms with Crippen LogP contribution in [0.25, 0.3) is 0 Å². The molecule has 1 amide bonds. The molecule has 0 radical (unpaired) electrons. The number of amides is 1. The fraction of sp³-hybridized carbons (Fsp3) is 0.733. The summed E-state index contributed by atoms with van der Waals surface area (Å²) in [7, 11) is 0. The van der Waals surface area contributed by atoms with Crippen LogP contribution in [0.4, 0.5) is 4.79 Å². The van der Waals surface area contributed by atoms with E-state index >= 15 is 0 Å². The number of carbonyl (C=O) groups excluding carboxylic acids is 3. The summed E-state index contributed by atoms with van der Waals surface area (Å²) >= 11 is 0. The van der Waals surface area contributed by atoms with E-state index in [-0.39, 0.29) is 23.8 Å². The third-order valence-corrected chi connectivity index (χ3v) is 2.78. The Labute approximate surface area is 120 Å². The molecule has 112 valence electrons. The van der Waals surface area contributed by atoms with Gasteiger partial charge < -0.3 is 10.1 Å². The van der Waals surface area contributed by atoms with Crippen LogP contribution in [0.5, 0.6) is 0 Å². The monoisotopic (exact) mass is 281 g/mol. The number of nitrogens with one attached hydrogen (secondary N) is 1. The summed E-state index contributed by atoms with van der Waals surface area (Å²) in [5.41, 5.74) is 0.0920. The molecule has 0 aromatic rings. The van der Waals surface area contributed by atoms with Crippen LogP contribution in [0, 0.1) is 23.7 Å². The van der Waals surface area contributed by atoms with Crippen molar-refractivity contribution in [1.29, 1.82) is 0 Å². The first-order chi connectivity index (χ1) is 9.34. The molecule has 1 N–H and O–H groups in total. The Hall–Kier alpha value is -1.79. The van der Waals surface area contributed by atoms with Gasteiger partial charge in [-0.1, -0.05) is 20.8 Å². The standard InChI is InChI=1S/C14H23NO2.CO2/c1-5-6-7-8-11-9-12(11)17-13(16)15-10-14(2,3)4;2-1-3/h1,11-12H,6-10H2,2-4H3,(H,15,16);/t11-,12-;/m1./s1. The average molecular weight is 281 g/mol. The summed E-state index contributed by atoms with van der Waals surface area (Å²) in [6.07, 6.45) is 9.18. The molecule has 1 saturated carbocycles. The molecule has 5 heteroatoms. The molecule has 1 aliphatic rings. The molecule has 0 saturated heterocycles. The molecule has 1 rings (SSSR count). The molecule has 5 nitrogen and oxygen atoms in total. The zero-order valence-electron chi connectivity index (χ0n) is 12.4. The first kappa shape index (κ1) is 18.2. The third kappa shape index (κ3) is 10.2. The minimum atomic E-state index is -0.288. The summed E-state index contributed by atoms with van der Waals surface area (Å²) in [5.74, 6) is 3.15. The molecule has 0 aliphatic heterocycles. The molecule has 0 bridgehead atoms. The van der Waals surface area contributed by atoms with Gasteiger partial charge in [-0.15, -0.1) is 12.3 Å². The van der Waals surface area contributed by atoms with Gasteiger partial charge in [0.1, 0.15) is 6.10 Å². The van der Waals surface area contributed by atoms with Crippen molar-refractivity contribution in [3.8, 4) is 12.3 Å². The van der Waals surface area contributed by atoms with Crippen molar-refractivity contribution in [2.45, 2.75) is 52.6 Å². The molecule has 0 heterocycles. The Morgan fingerprint density at radius 1 is 1.40 bits per heavy atom. The molecule has 0 spiro atoms. The first-order valence-corrected chi connectivity index (χ1v) is 6.71. The number of alkyl carbamates (subject to hydrolysis) is 1. The van der Waals surface area contributed by atoms with Crippen LogP contribution in [0.15, 0.2) is 0 Å². The van der Waals surface area contributed by atoms with Crippen molar-refractivity contribution in [1.82, 2.24) is 5.32 Å². The number of unbranched alkanes of at least 4 members (excludes halogenated alkanes) is 1. The highest BCUT2D eigenvalue weighted by atomic mass is 16.6.